The van der Waals surface area contributed by atoms with Gasteiger partial charge in [0.25, 0.3) is 0 Å². The van der Waals surface area contributed by atoms with Crippen molar-refractivity contribution in [2.24, 2.45) is 0 Å². The van der Waals surface area contributed by atoms with Crippen molar-refractivity contribution in [1.29, 1.82) is 0 Å². The molecule has 408 valence electrons. The Labute approximate surface area is 507 Å². The first-order valence-corrected chi connectivity index (χ1v) is 33.7. The number of rotatable bonds is 4. The first-order valence-electron chi connectivity index (χ1n) is 28.8. The fourth-order valence-corrected chi connectivity index (χ4v) is 21.6. The topological polar surface area (TPSA) is 77.3 Å². The maximum Gasteiger partial charge on any atom is 0.160 e. The van der Waals surface area contributed by atoms with E-state index in [9.17, 15) is 0 Å². The highest BCUT2D eigenvalue weighted by Gasteiger charge is 2.28. The summed E-state index contributed by atoms with van der Waals surface area (Å²) < 4.78 is 13.7. The second-order valence-electron chi connectivity index (χ2n) is 23.4. The molecule has 18 rings (SSSR count). The van der Waals surface area contributed by atoms with Gasteiger partial charge in [-0.15, -0.1) is 68.0 Å². The molecule has 0 unspecified atom stereocenters. The van der Waals surface area contributed by atoms with Gasteiger partial charge in [-0.25, -0.2) is 19.9 Å². The van der Waals surface area contributed by atoms with Crippen LogP contribution in [0.1, 0.15) is 80.0 Å². The van der Waals surface area contributed by atoms with Gasteiger partial charge >= 0.3 is 0 Å². The van der Waals surface area contributed by atoms with Crippen molar-refractivity contribution in [3.8, 4) is 22.8 Å². The summed E-state index contributed by atoms with van der Waals surface area (Å²) in [5.74, 6) is 1.48. The molecule has 6 nitrogen and oxygen atoms in total. The van der Waals surface area contributed by atoms with Crippen LogP contribution in [0.25, 0.3) is 167 Å². The lowest BCUT2D eigenvalue weighted by Gasteiger charge is -2.19. The van der Waals surface area contributed by atoms with Gasteiger partial charge in [0.15, 0.2) is 11.6 Å². The second-order valence-corrected chi connectivity index (χ2v) is 30.0. The molecule has 0 N–H and O–H groups in total. The molecule has 0 fully saturated rings. The van der Waals surface area contributed by atoms with Crippen molar-refractivity contribution in [2.45, 2.75) is 95.9 Å². The third kappa shape index (κ3) is 7.09. The van der Waals surface area contributed by atoms with Gasteiger partial charge in [-0.2, -0.15) is 0 Å². The highest BCUT2D eigenvalue weighted by molar-refractivity contribution is 7.34. The molecule has 10 aromatic heterocycles. The zero-order chi connectivity index (χ0) is 57.2. The van der Waals surface area contributed by atoms with Crippen LogP contribution in [-0.2, 0) is 12.8 Å². The van der Waals surface area contributed by atoms with Gasteiger partial charge < -0.3 is 0 Å². The lowest BCUT2D eigenvalue weighted by Crippen LogP contribution is -1.99. The van der Waals surface area contributed by atoms with Crippen molar-refractivity contribution in [2.75, 3.05) is 0 Å². The van der Waals surface area contributed by atoms with Crippen molar-refractivity contribution in [3.05, 3.63) is 151 Å². The molecule has 0 atom stereocenters. The predicted molar refractivity (Wildman–Crippen MR) is 371 cm³/mol. The van der Waals surface area contributed by atoms with Crippen LogP contribution in [0.5, 0.6) is 0 Å². The molecule has 0 spiro atoms. The van der Waals surface area contributed by atoms with Gasteiger partial charge in [0.2, 0.25) is 0 Å². The van der Waals surface area contributed by atoms with Crippen LogP contribution in [0.2, 0.25) is 0 Å². The van der Waals surface area contributed by atoms with E-state index in [1.807, 2.05) is 85.2 Å². The zero-order valence-corrected chi connectivity index (χ0v) is 53.5. The monoisotopic (exact) mass is 1190 g/mol. The van der Waals surface area contributed by atoms with E-state index in [1.54, 1.807) is 22.7 Å². The lowest BCUT2D eigenvalue weighted by atomic mass is 9.86. The number of aromatic nitrogens is 6. The van der Waals surface area contributed by atoms with Gasteiger partial charge in [0.05, 0.1) is 29.8 Å². The summed E-state index contributed by atoms with van der Waals surface area (Å²) in [4.78, 5) is 33.1. The molecule has 0 aliphatic rings. The Morgan fingerprint density at radius 3 is 1.04 bits per heavy atom. The van der Waals surface area contributed by atoms with Crippen LogP contribution in [0.15, 0.2) is 84.9 Å². The van der Waals surface area contributed by atoms with Crippen molar-refractivity contribution in [3.63, 3.8) is 0 Å². The van der Waals surface area contributed by atoms with Crippen LogP contribution in [0.3, 0.4) is 0 Å². The molecule has 0 bridgehead atoms. The first kappa shape index (κ1) is 51.0. The van der Waals surface area contributed by atoms with Crippen LogP contribution in [0, 0.1) is 69.2 Å². The van der Waals surface area contributed by atoms with E-state index in [0.29, 0.717) is 0 Å². The molecular formula is C72H54N6S6. The Hall–Kier alpha value is -7.42. The predicted octanol–water partition coefficient (Wildman–Crippen LogP) is 22.7. The number of benzene rings is 8. The number of aryl methyl sites for hydroxylation is 12. The average molecular weight is 1200 g/mol. The largest absolute Gasteiger partial charge is 0.252 e. The molecule has 8 aromatic carbocycles. The Morgan fingerprint density at radius 2 is 0.643 bits per heavy atom. The van der Waals surface area contributed by atoms with E-state index >= 15 is 0 Å². The summed E-state index contributed by atoms with van der Waals surface area (Å²) in [6.07, 6.45) is 2.11. The molecule has 0 aliphatic carbocycles. The molecule has 18 aromatic rings. The smallest absolute Gasteiger partial charge is 0.160 e. The minimum atomic E-state index is 0.740. The molecule has 0 aliphatic heterocycles. The minimum absolute atomic E-state index is 0.740. The van der Waals surface area contributed by atoms with Gasteiger partial charge in [-0.05, 0) is 232 Å². The van der Waals surface area contributed by atoms with Gasteiger partial charge in [-0.1, -0.05) is 13.8 Å². The van der Waals surface area contributed by atoms with Crippen molar-refractivity contribution < 1.29 is 0 Å². The Balaban J connectivity index is 0.000000138. The summed E-state index contributed by atoms with van der Waals surface area (Å²) in [5.41, 5.74) is 15.8. The molecular weight excluding hydrogens is 1140 g/mol. The quantitative estimate of drug-likeness (QED) is 0.163. The highest BCUT2D eigenvalue weighted by Crippen LogP contribution is 2.55. The summed E-state index contributed by atoms with van der Waals surface area (Å²) in [6.45, 7) is 26.1. The van der Waals surface area contributed by atoms with Gasteiger partial charge in [0, 0.05) is 126 Å². The van der Waals surface area contributed by atoms with Gasteiger partial charge in [-0.3, -0.25) is 9.97 Å². The van der Waals surface area contributed by atoms with E-state index in [0.717, 1.165) is 102 Å². The highest BCUT2D eigenvalue weighted by atomic mass is 32.1. The lowest BCUT2D eigenvalue weighted by molar-refractivity contribution is 1.07. The van der Waals surface area contributed by atoms with Crippen LogP contribution >= 0.6 is 68.0 Å². The molecule has 10 heterocycles. The summed E-state index contributed by atoms with van der Waals surface area (Å²) >= 11 is 11.6. The number of pyridine rings is 2. The van der Waals surface area contributed by atoms with E-state index in [4.69, 9.17) is 29.9 Å². The fourth-order valence-electron chi connectivity index (χ4n) is 13.9. The van der Waals surface area contributed by atoms with E-state index in [2.05, 4.69) is 128 Å². The first-order chi connectivity index (χ1) is 40.6. The zero-order valence-electron chi connectivity index (χ0n) is 48.6. The SMILES string of the molecule is CCc1cc2c3sc4c(C)c(C)sc4c3cc3c(CC)cc4c5sc6c(C)c(C)sc6c5cc1c4c32.Cc1cc(C)nc(-c2cc3c4sc5ccc(C)nc5c4cc4c(-c5nc(C)cc(C)n5)cc5c6sc7ccc(C)nc7c6cc2c5c43)n1. The molecule has 0 saturated carbocycles. The van der Waals surface area contributed by atoms with Crippen LogP contribution in [-0.4, -0.2) is 29.9 Å². The number of fused-ring (bicyclic) bond motifs is 16. The standard InChI is InChI=1S/C40H28N6S2.C32H26S4/c1-17-7-9-31-35(41-17)29-13-23-25(39-43-19(3)11-20(4)44-39)16-28-34-24(14-30-36-32(48-38(28)30)10-8-18(2)42-36)26(15-27(33(23)34)37(29)47-31)40-45-21(5)12-22(6)46-40;1-7-17-9-21-26-20(12-24-29(21)35-28-14(4)16(6)34-32(24)28)18(8-2)10-22-25(26)19(17)11-23-30(22)36-27-13(3)15(5)33-31(23)27/h7-16H,1-6H3;9-12H,7-8H2,1-6H3. The van der Waals surface area contributed by atoms with Crippen LogP contribution in [0.4, 0.5) is 0 Å². The molecule has 0 amide bonds. The molecule has 0 saturated heterocycles. The van der Waals surface area contributed by atoms with E-state index in [1.165, 1.54) is 144 Å². The van der Waals surface area contributed by atoms with Gasteiger partial charge in [0.1, 0.15) is 0 Å². The maximum atomic E-state index is 5.06. The molecule has 0 radical (unpaired) electrons. The Kier molecular flexibility index (Phi) is 11.0. The summed E-state index contributed by atoms with van der Waals surface area (Å²) in [5, 5.41) is 21.2. The number of hydrogen-bond donors (Lipinski definition) is 0. The van der Waals surface area contributed by atoms with Crippen molar-refractivity contribution >= 4 is 212 Å². The molecule has 84 heavy (non-hydrogen) atoms. The van der Waals surface area contributed by atoms with Crippen molar-refractivity contribution in [1.82, 2.24) is 29.9 Å². The summed E-state index contributed by atoms with van der Waals surface area (Å²) in [7, 11) is 0. The van der Waals surface area contributed by atoms with E-state index in [-0.39, 0.29) is 0 Å². The minimum Gasteiger partial charge on any atom is -0.252 e. The van der Waals surface area contributed by atoms with Crippen LogP contribution < -0.4 is 0 Å². The normalized spacial score (nSPS) is 12.6. The second kappa shape index (κ2) is 18.1. The number of hydrogen-bond acceptors (Lipinski definition) is 12. The number of nitrogens with zero attached hydrogens (tertiary/aromatic N) is 6. The number of thiophene rings is 6. The third-order valence-electron chi connectivity index (χ3n) is 17.9. The van der Waals surface area contributed by atoms with E-state index < -0.39 is 0 Å². The summed E-state index contributed by atoms with van der Waals surface area (Å²) in [6, 6.07) is 32.2. The maximum absolute atomic E-state index is 5.06. The Bertz CT molecular complexity index is 5560. The average Bonchev–Trinajstić information content (AvgIpc) is 1.31. The molecule has 12 heteroatoms. The Morgan fingerprint density at radius 1 is 0.286 bits per heavy atom. The third-order valence-corrected chi connectivity index (χ3v) is 25.8. The fraction of sp³-hybridized carbons (Fsp3) is 0.194.